The lowest BCUT2D eigenvalue weighted by atomic mass is 10.2. The molecule has 5 nitrogen and oxygen atoms in total. The van der Waals surface area contributed by atoms with Gasteiger partial charge in [-0.1, -0.05) is 12.1 Å². The van der Waals surface area contributed by atoms with Crippen molar-refractivity contribution in [2.24, 2.45) is 0 Å². The number of carbonyl (C=O) groups excluding carboxylic acids is 1. The van der Waals surface area contributed by atoms with Crippen LogP contribution in [0.1, 0.15) is 18.2 Å². The van der Waals surface area contributed by atoms with Gasteiger partial charge in [0.2, 0.25) is 0 Å². The normalized spacial score (nSPS) is 11.2. The minimum Gasteiger partial charge on any atom is -0.479 e. The van der Waals surface area contributed by atoms with E-state index in [0.29, 0.717) is 17.0 Å². The van der Waals surface area contributed by atoms with Gasteiger partial charge in [0.1, 0.15) is 12.4 Å². The maximum Gasteiger partial charge on any atom is 0.347 e. The highest BCUT2D eigenvalue weighted by Gasteiger charge is 2.16. The molecule has 0 N–H and O–H groups in total. The van der Waals surface area contributed by atoms with Crippen LogP contribution in [0.4, 0.5) is 0 Å². The Balaban J connectivity index is 1.89. The van der Waals surface area contributed by atoms with Crippen molar-refractivity contribution >= 4 is 5.97 Å². The average molecular weight is 282 g/mol. The molecule has 5 heteroatoms. The molecule has 1 atom stereocenters. The molecule has 0 aliphatic heterocycles. The Hall–Kier alpha value is -2.87. The van der Waals surface area contributed by atoms with E-state index in [0.717, 1.165) is 0 Å². The summed E-state index contributed by atoms with van der Waals surface area (Å²) in [7, 11) is 0. The fraction of sp³-hybridized carbons (Fsp3) is 0.188. The van der Waals surface area contributed by atoms with Gasteiger partial charge in [0.25, 0.3) is 0 Å². The minimum absolute atomic E-state index is 0.103. The van der Waals surface area contributed by atoms with Crippen molar-refractivity contribution in [3.05, 3.63) is 59.9 Å². The summed E-state index contributed by atoms with van der Waals surface area (Å²) in [5.74, 6) is -0.0284. The first-order valence-corrected chi connectivity index (χ1v) is 6.42. The molecule has 0 aliphatic rings. The van der Waals surface area contributed by atoms with E-state index in [9.17, 15) is 4.79 Å². The second kappa shape index (κ2) is 7.06. The van der Waals surface area contributed by atoms with Crippen molar-refractivity contribution in [1.82, 2.24) is 4.98 Å². The first kappa shape index (κ1) is 14.5. The molecule has 21 heavy (non-hydrogen) atoms. The number of aromatic nitrogens is 1. The number of benzene rings is 1. The highest BCUT2D eigenvalue weighted by Crippen LogP contribution is 2.15. The summed E-state index contributed by atoms with van der Waals surface area (Å²) >= 11 is 0. The fourth-order valence-electron chi connectivity index (χ4n) is 1.64. The molecular weight excluding hydrogens is 268 g/mol. The molecule has 0 saturated carbocycles. The standard InChI is InChI=1S/C16H14N2O3/c1-12(21-15-7-4-5-13(9-15)10-17)16(19)20-11-14-6-2-3-8-18-14/h2-9,12H,11H2,1H3. The Kier molecular flexibility index (Phi) is 4.89. The maximum atomic E-state index is 11.8. The summed E-state index contributed by atoms with van der Waals surface area (Å²) in [5, 5.41) is 8.81. The largest absolute Gasteiger partial charge is 0.479 e. The molecule has 1 heterocycles. The number of nitriles is 1. The van der Waals surface area contributed by atoms with Gasteiger partial charge >= 0.3 is 5.97 Å². The fourth-order valence-corrected chi connectivity index (χ4v) is 1.64. The first-order valence-electron chi connectivity index (χ1n) is 6.42. The van der Waals surface area contributed by atoms with Crippen LogP contribution in [0.5, 0.6) is 5.75 Å². The van der Waals surface area contributed by atoms with E-state index in [1.54, 1.807) is 49.5 Å². The van der Waals surface area contributed by atoms with Gasteiger partial charge in [-0.05, 0) is 37.3 Å². The van der Waals surface area contributed by atoms with E-state index in [-0.39, 0.29) is 6.61 Å². The predicted molar refractivity (Wildman–Crippen MR) is 75.3 cm³/mol. The zero-order chi connectivity index (χ0) is 15.1. The molecule has 0 fully saturated rings. The number of hydrogen-bond donors (Lipinski definition) is 0. The highest BCUT2D eigenvalue weighted by atomic mass is 16.6. The van der Waals surface area contributed by atoms with Crippen LogP contribution < -0.4 is 4.74 Å². The van der Waals surface area contributed by atoms with Crippen molar-refractivity contribution in [3.8, 4) is 11.8 Å². The van der Waals surface area contributed by atoms with Crippen LogP contribution in [-0.2, 0) is 16.1 Å². The smallest absolute Gasteiger partial charge is 0.347 e. The van der Waals surface area contributed by atoms with Gasteiger partial charge in [-0.25, -0.2) is 4.79 Å². The molecule has 0 aliphatic carbocycles. The number of nitrogens with zero attached hydrogens (tertiary/aromatic N) is 2. The molecule has 0 amide bonds. The molecule has 1 aromatic carbocycles. The zero-order valence-electron chi connectivity index (χ0n) is 11.5. The van der Waals surface area contributed by atoms with Crippen LogP contribution in [0.25, 0.3) is 0 Å². The number of rotatable bonds is 5. The molecule has 2 aromatic rings. The lowest BCUT2D eigenvalue weighted by Gasteiger charge is -2.13. The van der Waals surface area contributed by atoms with Crippen LogP contribution in [0.2, 0.25) is 0 Å². The second-order valence-electron chi connectivity index (χ2n) is 4.33. The van der Waals surface area contributed by atoms with Crippen LogP contribution in [0.15, 0.2) is 48.7 Å². The van der Waals surface area contributed by atoms with E-state index < -0.39 is 12.1 Å². The molecule has 0 saturated heterocycles. The number of carbonyl (C=O) groups is 1. The second-order valence-corrected chi connectivity index (χ2v) is 4.33. The van der Waals surface area contributed by atoms with Crippen molar-refractivity contribution in [1.29, 1.82) is 5.26 Å². The SMILES string of the molecule is CC(Oc1cccc(C#N)c1)C(=O)OCc1ccccn1. The molecule has 0 radical (unpaired) electrons. The summed E-state index contributed by atoms with van der Waals surface area (Å²) in [6.45, 7) is 1.70. The Labute approximate surface area is 122 Å². The first-order chi connectivity index (χ1) is 10.2. The topological polar surface area (TPSA) is 72.2 Å². The predicted octanol–water partition coefficient (Wildman–Crippen LogP) is 2.46. The van der Waals surface area contributed by atoms with Crippen molar-refractivity contribution in [2.45, 2.75) is 19.6 Å². The maximum absolute atomic E-state index is 11.8. The highest BCUT2D eigenvalue weighted by molar-refractivity contribution is 5.74. The quantitative estimate of drug-likeness (QED) is 0.788. The molecule has 1 aromatic heterocycles. The van der Waals surface area contributed by atoms with E-state index in [2.05, 4.69) is 4.98 Å². The Bertz CT molecular complexity index is 650. The van der Waals surface area contributed by atoms with Gasteiger partial charge in [-0.15, -0.1) is 0 Å². The van der Waals surface area contributed by atoms with E-state index in [1.165, 1.54) is 0 Å². The van der Waals surface area contributed by atoms with Crippen molar-refractivity contribution in [2.75, 3.05) is 0 Å². The van der Waals surface area contributed by atoms with Crippen LogP contribution in [-0.4, -0.2) is 17.1 Å². The van der Waals surface area contributed by atoms with Crippen molar-refractivity contribution in [3.63, 3.8) is 0 Å². The van der Waals surface area contributed by atoms with Gasteiger partial charge < -0.3 is 9.47 Å². The van der Waals surface area contributed by atoms with Gasteiger partial charge in [0, 0.05) is 6.20 Å². The third kappa shape index (κ3) is 4.32. The Morgan fingerprint density at radius 2 is 2.19 bits per heavy atom. The van der Waals surface area contributed by atoms with Crippen LogP contribution >= 0.6 is 0 Å². The molecule has 0 bridgehead atoms. The number of pyridine rings is 1. The van der Waals surface area contributed by atoms with E-state index in [1.807, 2.05) is 12.1 Å². The van der Waals surface area contributed by atoms with Crippen LogP contribution in [0.3, 0.4) is 0 Å². The van der Waals surface area contributed by atoms with Crippen molar-refractivity contribution < 1.29 is 14.3 Å². The number of esters is 1. The molecule has 1 unspecified atom stereocenters. The lowest BCUT2D eigenvalue weighted by molar-refractivity contribution is -0.152. The summed E-state index contributed by atoms with van der Waals surface area (Å²) in [6.07, 6.45) is 0.874. The lowest BCUT2D eigenvalue weighted by Crippen LogP contribution is -2.26. The van der Waals surface area contributed by atoms with E-state index >= 15 is 0 Å². The third-order valence-corrected chi connectivity index (χ3v) is 2.70. The van der Waals surface area contributed by atoms with Gasteiger partial charge in [-0.3, -0.25) is 4.98 Å². The number of hydrogen-bond acceptors (Lipinski definition) is 5. The summed E-state index contributed by atoms with van der Waals surface area (Å²) in [5.41, 5.74) is 1.14. The summed E-state index contributed by atoms with van der Waals surface area (Å²) < 4.78 is 10.6. The minimum atomic E-state index is -0.761. The summed E-state index contributed by atoms with van der Waals surface area (Å²) in [6, 6.07) is 14.0. The average Bonchev–Trinajstić information content (AvgIpc) is 2.53. The molecule has 2 rings (SSSR count). The number of ether oxygens (including phenoxy) is 2. The Morgan fingerprint density at radius 1 is 1.33 bits per heavy atom. The zero-order valence-corrected chi connectivity index (χ0v) is 11.5. The Morgan fingerprint density at radius 3 is 2.90 bits per heavy atom. The summed E-state index contributed by atoms with van der Waals surface area (Å²) in [4.78, 5) is 15.9. The molecule has 106 valence electrons. The monoisotopic (exact) mass is 282 g/mol. The third-order valence-electron chi connectivity index (χ3n) is 2.70. The van der Waals surface area contributed by atoms with Crippen LogP contribution in [0, 0.1) is 11.3 Å². The van der Waals surface area contributed by atoms with Gasteiger partial charge in [0.15, 0.2) is 6.10 Å². The molecule has 0 spiro atoms. The van der Waals surface area contributed by atoms with Gasteiger partial charge in [0.05, 0.1) is 17.3 Å². The van der Waals surface area contributed by atoms with Gasteiger partial charge in [-0.2, -0.15) is 5.26 Å². The van der Waals surface area contributed by atoms with E-state index in [4.69, 9.17) is 14.7 Å². The molecular formula is C16H14N2O3.